The largest absolute Gasteiger partial charge is 0.435 e. The molecule has 5 aromatic rings. The molecule has 0 amide bonds. The SMILES string of the molecule is CC(c1ccc2ncccc2c1)c1nnc2sc(-c3cn(C)nc3C(F)(F)F)nn12. The number of rotatable bonds is 3. The highest BCUT2D eigenvalue weighted by atomic mass is 32.1. The van der Waals surface area contributed by atoms with Crippen molar-refractivity contribution in [2.24, 2.45) is 7.05 Å². The fourth-order valence-corrected chi connectivity index (χ4v) is 4.24. The molecule has 11 heteroatoms. The van der Waals surface area contributed by atoms with Crippen molar-refractivity contribution in [3.8, 4) is 10.6 Å². The summed E-state index contributed by atoms with van der Waals surface area (Å²) in [6.45, 7) is 1.96. The number of benzene rings is 1. The average molecular weight is 429 g/mol. The monoisotopic (exact) mass is 429 g/mol. The van der Waals surface area contributed by atoms with Gasteiger partial charge in [-0.25, -0.2) is 0 Å². The summed E-state index contributed by atoms with van der Waals surface area (Å²) in [5, 5.41) is 17.5. The van der Waals surface area contributed by atoms with Crippen LogP contribution in [0.4, 0.5) is 13.2 Å². The molecule has 0 spiro atoms. The molecule has 0 N–H and O–H groups in total. The van der Waals surface area contributed by atoms with Crippen LogP contribution < -0.4 is 0 Å². The van der Waals surface area contributed by atoms with Crippen molar-refractivity contribution in [3.63, 3.8) is 0 Å². The average Bonchev–Trinajstić information content (AvgIpc) is 3.40. The Kier molecular flexibility index (Phi) is 4.10. The summed E-state index contributed by atoms with van der Waals surface area (Å²) >= 11 is 1.04. The molecule has 1 unspecified atom stereocenters. The van der Waals surface area contributed by atoms with E-state index in [4.69, 9.17) is 0 Å². The van der Waals surface area contributed by atoms with Crippen molar-refractivity contribution in [2.45, 2.75) is 19.0 Å². The minimum Gasteiger partial charge on any atom is -0.274 e. The lowest BCUT2D eigenvalue weighted by Crippen LogP contribution is -2.08. The fraction of sp³-hybridized carbons (Fsp3) is 0.211. The molecule has 1 atom stereocenters. The Morgan fingerprint density at radius 2 is 1.93 bits per heavy atom. The summed E-state index contributed by atoms with van der Waals surface area (Å²) in [6, 6.07) is 9.74. The Balaban J connectivity index is 1.58. The number of pyridine rings is 1. The van der Waals surface area contributed by atoms with Crippen LogP contribution in [0.5, 0.6) is 0 Å². The van der Waals surface area contributed by atoms with Gasteiger partial charge < -0.3 is 0 Å². The van der Waals surface area contributed by atoms with Crippen LogP contribution in [0.1, 0.15) is 29.9 Å². The number of fused-ring (bicyclic) bond motifs is 2. The molecule has 152 valence electrons. The molecular formula is C19H14F3N7S. The number of alkyl halides is 3. The Hall–Kier alpha value is -3.34. The van der Waals surface area contributed by atoms with Crippen molar-refractivity contribution in [1.82, 2.24) is 34.6 Å². The van der Waals surface area contributed by atoms with E-state index in [1.165, 1.54) is 17.8 Å². The number of aromatic nitrogens is 7. The molecule has 7 nitrogen and oxygen atoms in total. The standard InChI is InChI=1S/C19H14F3N7S/c1-10(11-5-6-14-12(8-11)4-3-7-23-14)16-24-25-18-29(16)27-17(30-18)13-9-28(2)26-15(13)19(20,21)22/h3-10H,1-2H3. The van der Waals surface area contributed by atoms with Gasteiger partial charge in [-0.05, 0) is 23.8 Å². The lowest BCUT2D eigenvalue weighted by Gasteiger charge is -2.10. The van der Waals surface area contributed by atoms with Gasteiger partial charge in [0.05, 0.1) is 11.1 Å². The Morgan fingerprint density at radius 1 is 1.10 bits per heavy atom. The van der Waals surface area contributed by atoms with Crippen molar-refractivity contribution >= 4 is 27.2 Å². The molecule has 30 heavy (non-hydrogen) atoms. The van der Waals surface area contributed by atoms with Gasteiger partial charge in [-0.15, -0.1) is 10.2 Å². The lowest BCUT2D eigenvalue weighted by molar-refractivity contribution is -0.140. The van der Waals surface area contributed by atoms with Crippen LogP contribution >= 0.6 is 11.3 Å². The highest BCUT2D eigenvalue weighted by Gasteiger charge is 2.38. The summed E-state index contributed by atoms with van der Waals surface area (Å²) < 4.78 is 42.7. The zero-order valence-corrected chi connectivity index (χ0v) is 16.6. The second kappa shape index (κ2) is 6.59. The Morgan fingerprint density at radius 3 is 2.73 bits per heavy atom. The predicted molar refractivity (Wildman–Crippen MR) is 105 cm³/mol. The van der Waals surface area contributed by atoms with Gasteiger partial charge in [0.1, 0.15) is 0 Å². The van der Waals surface area contributed by atoms with Gasteiger partial charge in [-0.2, -0.15) is 27.9 Å². The molecular weight excluding hydrogens is 415 g/mol. The first-order valence-electron chi connectivity index (χ1n) is 8.99. The van der Waals surface area contributed by atoms with Gasteiger partial charge in [0.25, 0.3) is 0 Å². The van der Waals surface area contributed by atoms with E-state index in [9.17, 15) is 13.2 Å². The first-order chi connectivity index (χ1) is 14.3. The van der Waals surface area contributed by atoms with Crippen LogP contribution in [-0.2, 0) is 13.2 Å². The van der Waals surface area contributed by atoms with E-state index in [0.29, 0.717) is 10.8 Å². The molecule has 0 aliphatic carbocycles. The van der Waals surface area contributed by atoms with Crippen LogP contribution in [0.2, 0.25) is 0 Å². The minimum atomic E-state index is -4.57. The van der Waals surface area contributed by atoms with Crippen molar-refractivity contribution in [3.05, 3.63) is 59.8 Å². The molecule has 0 saturated heterocycles. The van der Waals surface area contributed by atoms with Gasteiger partial charge in [-0.1, -0.05) is 30.4 Å². The second-order valence-electron chi connectivity index (χ2n) is 6.90. The quantitative estimate of drug-likeness (QED) is 0.427. The molecule has 0 bridgehead atoms. The van der Waals surface area contributed by atoms with Gasteiger partial charge in [-0.3, -0.25) is 9.67 Å². The maximum Gasteiger partial charge on any atom is 0.435 e. The van der Waals surface area contributed by atoms with Gasteiger partial charge in [0.15, 0.2) is 16.5 Å². The summed E-state index contributed by atoms with van der Waals surface area (Å²) in [6.07, 6.45) is -1.52. The smallest absolute Gasteiger partial charge is 0.274 e. The van der Waals surface area contributed by atoms with Gasteiger partial charge >= 0.3 is 6.18 Å². The van der Waals surface area contributed by atoms with Gasteiger partial charge in [0, 0.05) is 30.7 Å². The fourth-order valence-electron chi connectivity index (χ4n) is 3.38. The molecule has 4 heterocycles. The summed E-state index contributed by atoms with van der Waals surface area (Å²) in [5.74, 6) is 0.378. The number of nitrogens with zero attached hydrogens (tertiary/aromatic N) is 7. The molecule has 0 saturated carbocycles. The van der Waals surface area contributed by atoms with Gasteiger partial charge in [0.2, 0.25) is 4.96 Å². The van der Waals surface area contributed by atoms with Crippen LogP contribution in [0.25, 0.3) is 26.4 Å². The summed E-state index contributed by atoms with van der Waals surface area (Å²) in [4.78, 5) is 4.74. The number of halogens is 3. The first kappa shape index (κ1) is 18.7. The number of hydrogen-bond donors (Lipinski definition) is 0. The van der Waals surface area contributed by atoms with Crippen molar-refractivity contribution in [1.29, 1.82) is 0 Å². The maximum atomic E-state index is 13.3. The number of hydrogen-bond acceptors (Lipinski definition) is 6. The molecule has 0 radical (unpaired) electrons. The third-order valence-electron chi connectivity index (χ3n) is 4.86. The normalized spacial score (nSPS) is 13.4. The topological polar surface area (TPSA) is 73.8 Å². The maximum absolute atomic E-state index is 13.3. The van der Waals surface area contributed by atoms with Crippen molar-refractivity contribution < 1.29 is 13.2 Å². The third kappa shape index (κ3) is 3.02. The Bertz CT molecular complexity index is 1380. The van der Waals surface area contributed by atoms with E-state index in [1.807, 2.05) is 37.3 Å². The predicted octanol–water partition coefficient (Wildman–Crippen LogP) is 4.31. The molecule has 0 fully saturated rings. The van der Waals surface area contributed by atoms with E-state index < -0.39 is 11.9 Å². The second-order valence-corrected chi connectivity index (χ2v) is 7.86. The van der Waals surface area contributed by atoms with E-state index in [-0.39, 0.29) is 16.5 Å². The van der Waals surface area contributed by atoms with E-state index >= 15 is 0 Å². The Labute approximate surface area is 171 Å². The zero-order valence-electron chi connectivity index (χ0n) is 15.8. The summed E-state index contributed by atoms with van der Waals surface area (Å²) in [7, 11) is 1.45. The minimum absolute atomic E-state index is 0.0733. The third-order valence-corrected chi connectivity index (χ3v) is 5.79. The molecule has 0 aliphatic heterocycles. The highest BCUT2D eigenvalue weighted by Crippen LogP contribution is 2.38. The van der Waals surface area contributed by atoms with Crippen molar-refractivity contribution in [2.75, 3.05) is 0 Å². The van der Waals surface area contributed by atoms with Crippen LogP contribution in [0.3, 0.4) is 0 Å². The van der Waals surface area contributed by atoms with Crippen LogP contribution in [-0.4, -0.2) is 34.6 Å². The molecule has 5 rings (SSSR count). The molecule has 1 aromatic carbocycles. The number of aryl methyl sites for hydroxylation is 1. The lowest BCUT2D eigenvalue weighted by atomic mass is 9.99. The van der Waals surface area contributed by atoms with E-state index in [1.54, 1.807) is 6.20 Å². The van der Waals surface area contributed by atoms with Crippen LogP contribution in [0.15, 0.2) is 42.7 Å². The summed E-state index contributed by atoms with van der Waals surface area (Å²) in [5.41, 5.74) is 0.825. The highest BCUT2D eigenvalue weighted by molar-refractivity contribution is 7.19. The zero-order chi connectivity index (χ0) is 21.0. The van der Waals surface area contributed by atoms with Crippen LogP contribution in [0, 0.1) is 0 Å². The first-order valence-corrected chi connectivity index (χ1v) is 9.81. The van der Waals surface area contributed by atoms with E-state index in [2.05, 4.69) is 25.4 Å². The van der Waals surface area contributed by atoms with E-state index in [0.717, 1.165) is 32.5 Å². The molecule has 4 aromatic heterocycles. The molecule has 0 aliphatic rings.